The van der Waals surface area contributed by atoms with Crippen molar-refractivity contribution in [1.29, 1.82) is 0 Å². The molecule has 0 aromatic heterocycles. The minimum atomic E-state index is -1.44. The van der Waals surface area contributed by atoms with Crippen molar-refractivity contribution in [1.82, 2.24) is 4.90 Å². The normalized spacial score (nSPS) is 19.3. The minimum absolute atomic E-state index is 0.166. The van der Waals surface area contributed by atoms with Crippen LogP contribution in [0.3, 0.4) is 0 Å². The summed E-state index contributed by atoms with van der Waals surface area (Å²) in [5.41, 5.74) is 1.000. The standard InChI is InChI=1S/C26H23N3O3S/c1-33-20-11-7-10-19(16-20)27-25(32)26-15-14-23(30)29(26)22-13-6-5-12-21(22)24(31)28(26)17-18-8-3-2-4-9-18/h2-13,16H,14-15,17H2,1H3,(H,27,32)/t26-/m0/s1. The van der Waals surface area contributed by atoms with Gasteiger partial charge in [0.05, 0.1) is 11.3 Å². The number of nitrogens with one attached hydrogen (secondary N) is 1. The lowest BCUT2D eigenvalue weighted by atomic mass is 9.94. The van der Waals surface area contributed by atoms with Crippen LogP contribution in [0.5, 0.6) is 0 Å². The van der Waals surface area contributed by atoms with Crippen LogP contribution in [0, 0.1) is 0 Å². The molecule has 6 nitrogen and oxygen atoms in total. The third-order valence-electron chi connectivity index (χ3n) is 6.25. The van der Waals surface area contributed by atoms with Crippen LogP contribution in [0.25, 0.3) is 0 Å². The van der Waals surface area contributed by atoms with Crippen molar-refractivity contribution in [2.45, 2.75) is 29.9 Å². The molecule has 3 amide bonds. The zero-order chi connectivity index (χ0) is 23.0. The van der Waals surface area contributed by atoms with E-state index < -0.39 is 5.66 Å². The lowest BCUT2D eigenvalue weighted by Gasteiger charge is -2.49. The van der Waals surface area contributed by atoms with Gasteiger partial charge in [0.1, 0.15) is 0 Å². The summed E-state index contributed by atoms with van der Waals surface area (Å²) in [6.45, 7) is 0.218. The maximum absolute atomic E-state index is 14.0. The average Bonchev–Trinajstić information content (AvgIpc) is 3.21. The Labute approximate surface area is 196 Å². The molecule has 3 aromatic rings. The van der Waals surface area contributed by atoms with E-state index in [-0.39, 0.29) is 37.1 Å². The molecule has 0 spiro atoms. The van der Waals surface area contributed by atoms with Crippen LogP contribution in [-0.4, -0.2) is 34.5 Å². The lowest BCUT2D eigenvalue weighted by molar-refractivity contribution is -0.129. The van der Waals surface area contributed by atoms with Crippen molar-refractivity contribution in [2.24, 2.45) is 0 Å². The van der Waals surface area contributed by atoms with E-state index in [1.807, 2.05) is 60.9 Å². The van der Waals surface area contributed by atoms with Gasteiger partial charge in [0.15, 0.2) is 0 Å². The number of thioether (sulfide) groups is 1. The van der Waals surface area contributed by atoms with E-state index in [0.717, 1.165) is 10.5 Å². The van der Waals surface area contributed by atoms with Gasteiger partial charge in [-0.25, -0.2) is 0 Å². The summed E-state index contributed by atoms with van der Waals surface area (Å²) in [5, 5.41) is 3.00. The maximum Gasteiger partial charge on any atom is 0.271 e. The monoisotopic (exact) mass is 457 g/mol. The molecule has 3 aromatic carbocycles. The van der Waals surface area contributed by atoms with E-state index in [1.54, 1.807) is 40.9 Å². The molecular weight excluding hydrogens is 434 g/mol. The second-order valence-corrected chi connectivity index (χ2v) is 9.01. The average molecular weight is 458 g/mol. The molecule has 0 saturated carbocycles. The molecule has 166 valence electrons. The SMILES string of the molecule is CSc1cccc(NC(=O)[C@]23CCC(=O)N2c2ccccc2C(=O)N3Cc2ccccc2)c1. The van der Waals surface area contributed by atoms with Gasteiger partial charge in [0.2, 0.25) is 11.6 Å². The molecule has 7 heteroatoms. The number of hydrogen-bond acceptors (Lipinski definition) is 4. The quantitative estimate of drug-likeness (QED) is 0.572. The van der Waals surface area contributed by atoms with Gasteiger partial charge in [-0.1, -0.05) is 48.5 Å². The van der Waals surface area contributed by atoms with E-state index >= 15 is 0 Å². The first-order valence-corrected chi connectivity index (χ1v) is 12.0. The Morgan fingerprint density at radius 2 is 1.76 bits per heavy atom. The zero-order valence-electron chi connectivity index (χ0n) is 18.2. The van der Waals surface area contributed by atoms with Crippen molar-refractivity contribution in [3.8, 4) is 0 Å². The van der Waals surface area contributed by atoms with Gasteiger partial charge >= 0.3 is 0 Å². The maximum atomic E-state index is 14.0. The predicted octanol–water partition coefficient (Wildman–Crippen LogP) is 4.53. The summed E-state index contributed by atoms with van der Waals surface area (Å²) in [5.74, 6) is -0.806. The number of amides is 3. The second-order valence-electron chi connectivity index (χ2n) is 8.13. The number of carbonyl (C=O) groups is 3. The van der Waals surface area contributed by atoms with Gasteiger partial charge in [-0.3, -0.25) is 19.3 Å². The first kappa shape index (κ1) is 21.3. The van der Waals surface area contributed by atoms with Crippen LogP contribution in [0.15, 0.2) is 83.8 Å². The third kappa shape index (κ3) is 3.49. The number of hydrogen-bond donors (Lipinski definition) is 1. The number of rotatable bonds is 5. The molecule has 2 aliphatic heterocycles. The second kappa shape index (κ2) is 8.41. The predicted molar refractivity (Wildman–Crippen MR) is 129 cm³/mol. The fourth-order valence-corrected chi connectivity index (χ4v) is 5.16. The van der Waals surface area contributed by atoms with E-state index in [9.17, 15) is 14.4 Å². The number of carbonyl (C=O) groups excluding carboxylic acids is 3. The molecule has 2 aliphatic rings. The Balaban J connectivity index is 1.63. The van der Waals surface area contributed by atoms with Crippen LogP contribution in [0.1, 0.15) is 28.8 Å². The summed E-state index contributed by atoms with van der Waals surface area (Å²) in [4.78, 5) is 44.9. The van der Waals surface area contributed by atoms with Gasteiger partial charge in [0, 0.05) is 30.0 Å². The van der Waals surface area contributed by atoms with E-state index in [0.29, 0.717) is 16.9 Å². The van der Waals surface area contributed by atoms with Crippen LogP contribution in [0.4, 0.5) is 11.4 Å². The van der Waals surface area contributed by atoms with Crippen molar-refractivity contribution in [3.63, 3.8) is 0 Å². The number of para-hydroxylation sites is 1. The molecule has 0 radical (unpaired) electrons. The molecule has 1 saturated heterocycles. The zero-order valence-corrected chi connectivity index (χ0v) is 19.0. The Kier molecular flexibility index (Phi) is 5.42. The summed E-state index contributed by atoms with van der Waals surface area (Å²) in [6, 6.07) is 24.1. The highest BCUT2D eigenvalue weighted by Crippen LogP contribution is 2.45. The summed E-state index contributed by atoms with van der Waals surface area (Å²) in [7, 11) is 0. The fraction of sp³-hybridized carbons (Fsp3) is 0.192. The van der Waals surface area contributed by atoms with E-state index in [1.165, 1.54) is 4.90 Å². The molecule has 33 heavy (non-hydrogen) atoms. The first-order valence-electron chi connectivity index (χ1n) is 10.8. The smallest absolute Gasteiger partial charge is 0.271 e. The Hall–Kier alpha value is -3.58. The van der Waals surface area contributed by atoms with Crippen LogP contribution in [-0.2, 0) is 16.1 Å². The van der Waals surface area contributed by atoms with Crippen molar-refractivity contribution >= 4 is 40.9 Å². The van der Waals surface area contributed by atoms with Crippen LogP contribution >= 0.6 is 11.8 Å². The highest BCUT2D eigenvalue weighted by Gasteiger charge is 2.60. The minimum Gasteiger partial charge on any atom is -0.322 e. The summed E-state index contributed by atoms with van der Waals surface area (Å²) in [6.07, 6.45) is 2.38. The number of anilines is 2. The van der Waals surface area contributed by atoms with Crippen molar-refractivity contribution in [2.75, 3.05) is 16.5 Å². The molecule has 2 heterocycles. The highest BCUT2D eigenvalue weighted by molar-refractivity contribution is 7.98. The van der Waals surface area contributed by atoms with Crippen LogP contribution < -0.4 is 10.2 Å². The van der Waals surface area contributed by atoms with Gasteiger partial charge in [-0.15, -0.1) is 11.8 Å². The largest absolute Gasteiger partial charge is 0.322 e. The van der Waals surface area contributed by atoms with Gasteiger partial charge in [-0.2, -0.15) is 0 Å². The molecule has 0 unspecified atom stereocenters. The first-order chi connectivity index (χ1) is 16.0. The van der Waals surface area contributed by atoms with E-state index in [2.05, 4.69) is 5.32 Å². The van der Waals surface area contributed by atoms with E-state index in [4.69, 9.17) is 0 Å². The Bertz CT molecular complexity index is 1250. The summed E-state index contributed by atoms with van der Waals surface area (Å²) < 4.78 is 0. The van der Waals surface area contributed by atoms with Crippen molar-refractivity contribution < 1.29 is 14.4 Å². The molecule has 0 aliphatic carbocycles. The summed E-state index contributed by atoms with van der Waals surface area (Å²) >= 11 is 1.58. The van der Waals surface area contributed by atoms with Crippen molar-refractivity contribution in [3.05, 3.63) is 90.0 Å². The Morgan fingerprint density at radius 3 is 2.55 bits per heavy atom. The third-order valence-corrected chi connectivity index (χ3v) is 6.97. The van der Waals surface area contributed by atoms with Gasteiger partial charge in [0.25, 0.3) is 11.8 Å². The topological polar surface area (TPSA) is 69.7 Å². The fourth-order valence-electron chi connectivity index (χ4n) is 4.70. The highest BCUT2D eigenvalue weighted by atomic mass is 32.2. The van der Waals surface area contributed by atoms with Gasteiger partial charge < -0.3 is 10.2 Å². The Morgan fingerprint density at radius 1 is 1.00 bits per heavy atom. The lowest BCUT2D eigenvalue weighted by Crippen LogP contribution is -2.69. The molecule has 5 rings (SSSR count). The molecule has 0 bridgehead atoms. The molecule has 1 N–H and O–H groups in total. The van der Waals surface area contributed by atoms with Gasteiger partial charge in [-0.05, 0) is 42.2 Å². The number of nitrogens with zero attached hydrogens (tertiary/aromatic N) is 2. The number of fused-ring (bicyclic) bond motifs is 3. The molecule has 1 atom stereocenters. The molecule has 1 fully saturated rings. The molecular formula is C26H23N3O3S. The number of benzene rings is 3. The van der Waals surface area contributed by atoms with Crippen LogP contribution in [0.2, 0.25) is 0 Å².